The van der Waals surface area contributed by atoms with Gasteiger partial charge in [-0.1, -0.05) is 33.1 Å². The van der Waals surface area contributed by atoms with E-state index in [2.05, 4.69) is 37.9 Å². The van der Waals surface area contributed by atoms with E-state index < -0.39 is 0 Å². The molecule has 0 saturated carbocycles. The van der Waals surface area contributed by atoms with Crippen molar-refractivity contribution in [3.05, 3.63) is 0 Å². The Morgan fingerprint density at radius 1 is 1.11 bits per heavy atom. The van der Waals surface area contributed by atoms with Gasteiger partial charge in [-0.15, -0.1) is 0 Å². The van der Waals surface area contributed by atoms with E-state index in [4.69, 9.17) is 0 Å². The van der Waals surface area contributed by atoms with Crippen LogP contribution in [0.4, 0.5) is 0 Å². The van der Waals surface area contributed by atoms with E-state index in [0.717, 1.165) is 12.5 Å². The molecule has 1 saturated heterocycles. The second-order valence-corrected chi connectivity index (χ2v) is 6.57. The minimum Gasteiger partial charge on any atom is -0.313 e. The number of likely N-dealkylation sites (tertiary alicyclic amines) is 1. The number of nitrogens with one attached hydrogen (secondary N) is 1. The van der Waals surface area contributed by atoms with Crippen LogP contribution in [0.5, 0.6) is 0 Å². The van der Waals surface area contributed by atoms with Crippen molar-refractivity contribution in [3.63, 3.8) is 0 Å². The average molecular weight is 268 g/mol. The van der Waals surface area contributed by atoms with Crippen molar-refractivity contribution in [2.24, 2.45) is 5.92 Å². The molecule has 114 valence electrons. The molecule has 0 aliphatic carbocycles. The van der Waals surface area contributed by atoms with E-state index >= 15 is 0 Å². The van der Waals surface area contributed by atoms with E-state index in [-0.39, 0.29) is 0 Å². The lowest BCUT2D eigenvalue weighted by Crippen LogP contribution is -2.43. The van der Waals surface area contributed by atoms with Crippen molar-refractivity contribution in [3.8, 4) is 0 Å². The second-order valence-electron chi connectivity index (χ2n) is 6.57. The lowest BCUT2D eigenvalue weighted by molar-refractivity contribution is 0.205. The number of rotatable bonds is 8. The molecule has 0 spiro atoms. The highest BCUT2D eigenvalue weighted by Gasteiger charge is 2.20. The van der Waals surface area contributed by atoms with Crippen LogP contribution in [0, 0.1) is 5.92 Å². The fourth-order valence-corrected chi connectivity index (χ4v) is 3.36. The fourth-order valence-electron chi connectivity index (χ4n) is 3.36. The van der Waals surface area contributed by atoms with Gasteiger partial charge < -0.3 is 5.32 Å². The first-order chi connectivity index (χ1) is 9.17. The van der Waals surface area contributed by atoms with Crippen LogP contribution in [0.15, 0.2) is 0 Å². The second kappa shape index (κ2) is 9.77. The summed E-state index contributed by atoms with van der Waals surface area (Å²) < 4.78 is 0. The highest BCUT2D eigenvalue weighted by atomic mass is 15.2. The molecule has 0 radical (unpaired) electrons. The quantitative estimate of drug-likeness (QED) is 0.714. The molecule has 0 aromatic heterocycles. The van der Waals surface area contributed by atoms with Gasteiger partial charge in [0.15, 0.2) is 0 Å². The molecule has 1 rings (SSSR count). The van der Waals surface area contributed by atoms with Crippen molar-refractivity contribution < 1.29 is 0 Å². The Balaban J connectivity index is 2.26. The smallest absolute Gasteiger partial charge is 0.0192 e. The van der Waals surface area contributed by atoms with E-state index in [1.54, 1.807) is 0 Å². The summed E-state index contributed by atoms with van der Waals surface area (Å²) in [6.45, 7) is 13.1. The minimum absolute atomic E-state index is 0.673. The molecular formula is C17H36N2. The van der Waals surface area contributed by atoms with Crippen LogP contribution in [0.1, 0.15) is 72.6 Å². The van der Waals surface area contributed by atoms with E-state index in [1.165, 1.54) is 58.0 Å². The monoisotopic (exact) mass is 268 g/mol. The molecule has 0 amide bonds. The Kier molecular flexibility index (Phi) is 8.72. The molecule has 1 aliphatic rings. The van der Waals surface area contributed by atoms with Gasteiger partial charge in [-0.05, 0) is 58.5 Å². The number of hydrogen-bond acceptors (Lipinski definition) is 2. The van der Waals surface area contributed by atoms with Crippen molar-refractivity contribution >= 4 is 0 Å². The predicted octanol–water partition coefficient (Wildman–Crippen LogP) is 4.06. The maximum atomic E-state index is 3.70. The van der Waals surface area contributed by atoms with Crippen molar-refractivity contribution in [1.82, 2.24) is 10.2 Å². The molecular weight excluding hydrogens is 232 g/mol. The molecule has 1 N–H and O–H groups in total. The van der Waals surface area contributed by atoms with Crippen LogP contribution in [-0.4, -0.2) is 36.6 Å². The van der Waals surface area contributed by atoms with Crippen LogP contribution in [0.3, 0.4) is 0 Å². The maximum Gasteiger partial charge on any atom is 0.0192 e. The molecule has 0 aromatic carbocycles. The van der Waals surface area contributed by atoms with Gasteiger partial charge in [0.05, 0.1) is 0 Å². The van der Waals surface area contributed by atoms with Gasteiger partial charge in [-0.25, -0.2) is 0 Å². The molecule has 3 atom stereocenters. The lowest BCUT2D eigenvalue weighted by Gasteiger charge is -2.29. The van der Waals surface area contributed by atoms with Gasteiger partial charge in [0, 0.05) is 18.6 Å². The molecule has 0 bridgehead atoms. The molecule has 2 nitrogen and oxygen atoms in total. The average Bonchev–Trinajstić information content (AvgIpc) is 2.62. The highest BCUT2D eigenvalue weighted by molar-refractivity contribution is 4.76. The van der Waals surface area contributed by atoms with Gasteiger partial charge in [-0.3, -0.25) is 4.90 Å². The summed E-state index contributed by atoms with van der Waals surface area (Å²) in [5.74, 6) is 0.995. The normalized spacial score (nSPS) is 24.9. The zero-order valence-corrected chi connectivity index (χ0v) is 13.8. The van der Waals surface area contributed by atoms with Gasteiger partial charge in [-0.2, -0.15) is 0 Å². The Morgan fingerprint density at radius 2 is 1.89 bits per heavy atom. The van der Waals surface area contributed by atoms with E-state index in [1.807, 2.05) is 0 Å². The largest absolute Gasteiger partial charge is 0.313 e. The first-order valence-electron chi connectivity index (χ1n) is 8.64. The molecule has 2 heteroatoms. The van der Waals surface area contributed by atoms with Gasteiger partial charge in [0.2, 0.25) is 0 Å². The summed E-state index contributed by atoms with van der Waals surface area (Å²) in [4.78, 5) is 2.71. The Morgan fingerprint density at radius 3 is 2.58 bits per heavy atom. The van der Waals surface area contributed by atoms with E-state index in [0.29, 0.717) is 12.1 Å². The van der Waals surface area contributed by atoms with E-state index in [9.17, 15) is 0 Å². The van der Waals surface area contributed by atoms with Gasteiger partial charge in [0.1, 0.15) is 0 Å². The summed E-state index contributed by atoms with van der Waals surface area (Å²) >= 11 is 0. The zero-order valence-electron chi connectivity index (χ0n) is 13.8. The van der Waals surface area contributed by atoms with Crippen molar-refractivity contribution in [2.75, 3.05) is 19.6 Å². The Bertz CT molecular complexity index is 217. The van der Waals surface area contributed by atoms with Crippen LogP contribution in [0.25, 0.3) is 0 Å². The molecule has 0 aromatic rings. The standard InChI is InChI=1S/C17H36N2/c1-5-8-15(3)18-14-16(4)19-12-7-10-17(9-6-2)11-13-19/h15-18H,5-14H2,1-4H3. The first kappa shape index (κ1) is 17.0. The van der Waals surface area contributed by atoms with Crippen molar-refractivity contribution in [2.45, 2.75) is 84.7 Å². The third-order valence-corrected chi connectivity index (χ3v) is 4.69. The highest BCUT2D eigenvalue weighted by Crippen LogP contribution is 2.22. The predicted molar refractivity (Wildman–Crippen MR) is 85.7 cm³/mol. The van der Waals surface area contributed by atoms with Crippen LogP contribution in [0.2, 0.25) is 0 Å². The van der Waals surface area contributed by atoms with Gasteiger partial charge in [0.25, 0.3) is 0 Å². The molecule has 19 heavy (non-hydrogen) atoms. The molecule has 1 aliphatic heterocycles. The Labute approximate surface area is 121 Å². The summed E-state index contributed by atoms with van der Waals surface area (Å²) in [5, 5.41) is 3.70. The Hall–Kier alpha value is -0.0800. The SMILES string of the molecule is CCCC1CCCN(C(C)CNC(C)CCC)CC1. The third kappa shape index (κ3) is 6.76. The molecule has 3 unspecified atom stereocenters. The molecule has 1 fully saturated rings. The summed E-state index contributed by atoms with van der Waals surface area (Å²) in [6.07, 6.45) is 9.65. The lowest BCUT2D eigenvalue weighted by atomic mass is 9.96. The summed E-state index contributed by atoms with van der Waals surface area (Å²) in [7, 11) is 0. The maximum absolute atomic E-state index is 3.70. The fraction of sp³-hybridized carbons (Fsp3) is 1.00. The number of hydrogen-bond donors (Lipinski definition) is 1. The number of nitrogens with zero attached hydrogens (tertiary/aromatic N) is 1. The van der Waals surface area contributed by atoms with Crippen LogP contribution < -0.4 is 5.32 Å². The topological polar surface area (TPSA) is 15.3 Å². The minimum atomic E-state index is 0.673. The van der Waals surface area contributed by atoms with Crippen molar-refractivity contribution in [1.29, 1.82) is 0 Å². The van der Waals surface area contributed by atoms with Crippen LogP contribution >= 0.6 is 0 Å². The van der Waals surface area contributed by atoms with Crippen LogP contribution in [-0.2, 0) is 0 Å². The summed E-state index contributed by atoms with van der Waals surface area (Å²) in [5.41, 5.74) is 0. The first-order valence-corrected chi connectivity index (χ1v) is 8.64. The van der Waals surface area contributed by atoms with Gasteiger partial charge >= 0.3 is 0 Å². The molecule has 1 heterocycles. The zero-order chi connectivity index (χ0) is 14.1. The third-order valence-electron chi connectivity index (χ3n) is 4.69. The summed E-state index contributed by atoms with van der Waals surface area (Å²) in [6, 6.07) is 1.37.